The van der Waals surface area contributed by atoms with Gasteiger partial charge in [0.1, 0.15) is 0 Å². The number of aromatic carboxylic acids is 1. The molecule has 0 aliphatic carbocycles. The highest BCUT2D eigenvalue weighted by atomic mass is 32.2. The van der Waals surface area contributed by atoms with Crippen molar-refractivity contribution >= 4 is 33.0 Å². The Morgan fingerprint density at radius 2 is 2.10 bits per heavy atom. The molecule has 0 saturated heterocycles. The molecule has 0 fully saturated rings. The van der Waals surface area contributed by atoms with Crippen LogP contribution in [-0.2, 0) is 16.6 Å². The van der Waals surface area contributed by atoms with Crippen molar-refractivity contribution in [1.82, 2.24) is 0 Å². The Labute approximate surface area is 119 Å². The van der Waals surface area contributed by atoms with Crippen molar-refractivity contribution < 1.29 is 18.3 Å². The lowest BCUT2D eigenvalue weighted by atomic mass is 10.3. The monoisotopic (exact) mass is 312 g/mol. The lowest BCUT2D eigenvalue weighted by molar-refractivity contribution is 0.0697. The van der Waals surface area contributed by atoms with Crippen molar-refractivity contribution in [3.8, 4) is 0 Å². The van der Waals surface area contributed by atoms with Gasteiger partial charge in [0.05, 0.1) is 10.5 Å². The van der Waals surface area contributed by atoms with Gasteiger partial charge in [0, 0.05) is 22.5 Å². The predicted molar refractivity (Wildman–Crippen MR) is 76.4 cm³/mol. The van der Waals surface area contributed by atoms with Crippen LogP contribution in [0.15, 0.2) is 40.6 Å². The van der Waals surface area contributed by atoms with E-state index in [2.05, 4.69) is 5.32 Å². The lowest BCUT2D eigenvalue weighted by Crippen LogP contribution is -2.12. The van der Waals surface area contributed by atoms with Crippen molar-refractivity contribution in [2.45, 2.75) is 11.4 Å². The van der Waals surface area contributed by atoms with Gasteiger partial charge in [-0.25, -0.2) is 18.4 Å². The van der Waals surface area contributed by atoms with Gasteiger partial charge in [-0.15, -0.1) is 11.3 Å². The number of nitrogens with two attached hydrogens (primary N) is 1. The maximum Gasteiger partial charge on any atom is 0.336 e. The van der Waals surface area contributed by atoms with Crippen molar-refractivity contribution in [2.75, 3.05) is 5.32 Å². The first-order chi connectivity index (χ1) is 9.36. The molecule has 0 radical (unpaired) electrons. The van der Waals surface area contributed by atoms with Crippen LogP contribution in [0.3, 0.4) is 0 Å². The lowest BCUT2D eigenvalue weighted by Gasteiger charge is -2.06. The summed E-state index contributed by atoms with van der Waals surface area (Å²) in [6.07, 6.45) is 0. The summed E-state index contributed by atoms with van der Waals surface area (Å²) in [5.74, 6) is -0.969. The molecule has 2 aromatic rings. The van der Waals surface area contributed by atoms with Gasteiger partial charge in [-0.3, -0.25) is 0 Å². The minimum atomic E-state index is -3.73. The average Bonchev–Trinajstić information content (AvgIpc) is 2.85. The van der Waals surface area contributed by atoms with Gasteiger partial charge in [-0.1, -0.05) is 6.07 Å². The molecule has 0 unspecified atom stereocenters. The molecular weight excluding hydrogens is 300 g/mol. The maximum absolute atomic E-state index is 11.2. The number of carboxylic acids is 1. The quantitative estimate of drug-likeness (QED) is 0.778. The van der Waals surface area contributed by atoms with Crippen molar-refractivity contribution in [3.05, 3.63) is 46.2 Å². The van der Waals surface area contributed by atoms with Crippen LogP contribution in [-0.4, -0.2) is 19.5 Å². The SMILES string of the molecule is NS(=O)(=O)c1cccc(NCc2cc(C(=O)O)cs2)c1. The van der Waals surface area contributed by atoms with Crippen molar-refractivity contribution in [2.24, 2.45) is 5.14 Å². The van der Waals surface area contributed by atoms with E-state index in [-0.39, 0.29) is 10.5 Å². The van der Waals surface area contributed by atoms with Crippen LogP contribution >= 0.6 is 11.3 Å². The summed E-state index contributed by atoms with van der Waals surface area (Å²) < 4.78 is 22.4. The van der Waals surface area contributed by atoms with Crippen LogP contribution < -0.4 is 10.5 Å². The summed E-state index contributed by atoms with van der Waals surface area (Å²) >= 11 is 1.32. The zero-order valence-electron chi connectivity index (χ0n) is 10.2. The number of carboxylic acid groups (broad SMARTS) is 1. The first kappa shape index (κ1) is 14.5. The first-order valence-electron chi connectivity index (χ1n) is 5.54. The van der Waals surface area contributed by atoms with Crippen LogP contribution in [0, 0.1) is 0 Å². The first-order valence-corrected chi connectivity index (χ1v) is 7.96. The summed E-state index contributed by atoms with van der Waals surface area (Å²) in [6, 6.07) is 7.71. The number of primary sulfonamides is 1. The Kier molecular flexibility index (Phi) is 4.07. The molecule has 1 aromatic carbocycles. The second-order valence-electron chi connectivity index (χ2n) is 4.03. The van der Waals surface area contributed by atoms with Crippen LogP contribution in [0.5, 0.6) is 0 Å². The molecule has 4 N–H and O–H groups in total. The molecule has 1 heterocycles. The molecule has 0 aliphatic heterocycles. The third-order valence-corrected chi connectivity index (χ3v) is 4.38. The average molecular weight is 312 g/mol. The van der Waals surface area contributed by atoms with Gasteiger partial charge in [0.2, 0.25) is 10.0 Å². The molecule has 20 heavy (non-hydrogen) atoms. The molecule has 106 valence electrons. The normalized spacial score (nSPS) is 11.2. The fourth-order valence-electron chi connectivity index (χ4n) is 1.56. The second kappa shape index (κ2) is 5.61. The fraction of sp³-hybridized carbons (Fsp3) is 0.0833. The molecule has 6 nitrogen and oxygen atoms in total. The van der Waals surface area contributed by atoms with E-state index < -0.39 is 16.0 Å². The Bertz CT molecular complexity index is 737. The molecule has 0 saturated carbocycles. The maximum atomic E-state index is 11.2. The highest BCUT2D eigenvalue weighted by Crippen LogP contribution is 2.18. The second-order valence-corrected chi connectivity index (χ2v) is 6.59. The Balaban J connectivity index is 2.09. The summed E-state index contributed by atoms with van der Waals surface area (Å²) in [5, 5.41) is 18.4. The van der Waals surface area contributed by atoms with Gasteiger partial charge >= 0.3 is 5.97 Å². The van der Waals surface area contributed by atoms with E-state index in [4.69, 9.17) is 10.2 Å². The number of benzene rings is 1. The number of nitrogens with one attached hydrogen (secondary N) is 1. The van der Waals surface area contributed by atoms with Gasteiger partial charge in [-0.2, -0.15) is 0 Å². The van der Waals surface area contributed by atoms with E-state index in [1.807, 2.05) is 0 Å². The standard InChI is InChI=1S/C12H12N2O4S2/c13-20(17,18)11-3-1-2-9(5-11)14-6-10-4-8(7-19-10)12(15)16/h1-5,7,14H,6H2,(H,15,16)(H2,13,17,18). The summed E-state index contributed by atoms with van der Waals surface area (Å²) in [4.78, 5) is 11.6. The third kappa shape index (κ3) is 3.56. The fourth-order valence-corrected chi connectivity index (χ4v) is 2.91. The number of hydrogen-bond donors (Lipinski definition) is 3. The molecular formula is C12H12N2O4S2. The number of hydrogen-bond acceptors (Lipinski definition) is 5. The molecule has 2 rings (SSSR count). The van der Waals surface area contributed by atoms with Crippen molar-refractivity contribution in [1.29, 1.82) is 0 Å². The summed E-state index contributed by atoms with van der Waals surface area (Å²) in [6.45, 7) is 0.409. The number of rotatable bonds is 5. The van der Waals surface area contributed by atoms with Gasteiger partial charge < -0.3 is 10.4 Å². The van der Waals surface area contributed by atoms with Gasteiger partial charge in [0.15, 0.2) is 0 Å². The van der Waals surface area contributed by atoms with E-state index in [1.165, 1.54) is 23.5 Å². The van der Waals surface area contributed by atoms with E-state index in [9.17, 15) is 13.2 Å². The van der Waals surface area contributed by atoms with E-state index in [0.717, 1.165) is 4.88 Å². The van der Waals surface area contributed by atoms with Crippen molar-refractivity contribution in [3.63, 3.8) is 0 Å². The number of carbonyl (C=O) groups is 1. The molecule has 0 bridgehead atoms. The predicted octanol–water partition coefficient (Wildman–Crippen LogP) is 1.71. The number of anilines is 1. The minimum Gasteiger partial charge on any atom is -0.478 e. The van der Waals surface area contributed by atoms with Crippen LogP contribution in [0.1, 0.15) is 15.2 Å². The summed E-state index contributed by atoms with van der Waals surface area (Å²) in [5.41, 5.74) is 0.840. The molecule has 1 aromatic heterocycles. The zero-order chi connectivity index (χ0) is 14.8. The van der Waals surface area contributed by atoms with E-state index >= 15 is 0 Å². The topological polar surface area (TPSA) is 109 Å². The van der Waals surface area contributed by atoms with Gasteiger partial charge in [-0.05, 0) is 24.3 Å². The molecule has 8 heteroatoms. The Hall–Kier alpha value is -1.90. The smallest absolute Gasteiger partial charge is 0.336 e. The zero-order valence-corrected chi connectivity index (χ0v) is 11.9. The highest BCUT2D eigenvalue weighted by molar-refractivity contribution is 7.89. The van der Waals surface area contributed by atoms with Crippen LogP contribution in [0.4, 0.5) is 5.69 Å². The molecule has 0 amide bonds. The summed E-state index contributed by atoms with van der Waals surface area (Å²) in [7, 11) is -3.73. The largest absolute Gasteiger partial charge is 0.478 e. The molecule has 0 spiro atoms. The van der Waals surface area contributed by atoms with E-state index in [1.54, 1.807) is 23.6 Å². The minimum absolute atomic E-state index is 0.0277. The highest BCUT2D eigenvalue weighted by Gasteiger charge is 2.09. The third-order valence-electron chi connectivity index (χ3n) is 2.53. The van der Waals surface area contributed by atoms with Crippen LogP contribution in [0.2, 0.25) is 0 Å². The Morgan fingerprint density at radius 3 is 2.70 bits per heavy atom. The van der Waals surface area contributed by atoms with Gasteiger partial charge in [0.25, 0.3) is 0 Å². The number of sulfonamides is 1. The molecule has 0 aliphatic rings. The molecule has 0 atom stereocenters. The number of thiophene rings is 1. The van der Waals surface area contributed by atoms with Crippen LogP contribution in [0.25, 0.3) is 0 Å². The Morgan fingerprint density at radius 1 is 1.35 bits per heavy atom. The van der Waals surface area contributed by atoms with E-state index in [0.29, 0.717) is 12.2 Å².